The molecule has 17 heavy (non-hydrogen) atoms. The summed E-state index contributed by atoms with van der Waals surface area (Å²) in [6.45, 7) is 10.7. The fourth-order valence-electron chi connectivity index (χ4n) is 2.01. The van der Waals surface area contributed by atoms with Crippen molar-refractivity contribution in [2.24, 2.45) is 11.5 Å². The van der Waals surface area contributed by atoms with E-state index < -0.39 is 0 Å². The second-order valence-corrected chi connectivity index (χ2v) is 5.39. The van der Waals surface area contributed by atoms with Crippen molar-refractivity contribution in [3.05, 3.63) is 0 Å². The van der Waals surface area contributed by atoms with Gasteiger partial charge in [0.1, 0.15) is 0 Å². The van der Waals surface area contributed by atoms with E-state index in [0.717, 1.165) is 51.6 Å². The van der Waals surface area contributed by atoms with Crippen LogP contribution in [0.4, 0.5) is 0 Å². The van der Waals surface area contributed by atoms with Gasteiger partial charge in [-0.15, -0.1) is 0 Å². The molecule has 0 atom stereocenters. The molecule has 0 aromatic heterocycles. The molecule has 3 heteroatoms. The van der Waals surface area contributed by atoms with Crippen LogP contribution in [0, 0.1) is 0 Å². The van der Waals surface area contributed by atoms with Crippen LogP contribution in [0.3, 0.4) is 0 Å². The van der Waals surface area contributed by atoms with E-state index in [2.05, 4.69) is 33.0 Å². The number of hydrogen-bond acceptors (Lipinski definition) is 3. The molecule has 0 spiro atoms. The Morgan fingerprint density at radius 3 is 1.24 bits per heavy atom. The number of hydrogen-bond donors (Lipinski definition) is 3. The van der Waals surface area contributed by atoms with Crippen LogP contribution in [0.5, 0.6) is 0 Å². The molecule has 0 aromatic carbocycles. The molecule has 0 aliphatic heterocycles. The Kier molecular flexibility index (Phi) is 8.01. The fourth-order valence-corrected chi connectivity index (χ4v) is 2.01. The lowest BCUT2D eigenvalue weighted by Gasteiger charge is -2.28. The van der Waals surface area contributed by atoms with Crippen molar-refractivity contribution in [1.29, 1.82) is 0 Å². The van der Waals surface area contributed by atoms with Crippen molar-refractivity contribution in [2.45, 2.75) is 77.3 Å². The molecule has 0 aromatic rings. The zero-order chi connectivity index (χ0) is 13.4. The number of nitrogens with one attached hydrogen (secondary N) is 1. The molecule has 104 valence electrons. The summed E-state index contributed by atoms with van der Waals surface area (Å²) in [5.74, 6) is 0. The van der Waals surface area contributed by atoms with Gasteiger partial charge in [-0.2, -0.15) is 0 Å². The lowest BCUT2D eigenvalue weighted by atomic mass is 9.89. The Hall–Kier alpha value is -0.120. The van der Waals surface area contributed by atoms with E-state index in [1.165, 1.54) is 0 Å². The summed E-state index contributed by atoms with van der Waals surface area (Å²) in [4.78, 5) is 0. The zero-order valence-corrected chi connectivity index (χ0v) is 12.3. The average Bonchev–Trinajstić information content (AvgIpc) is 2.37. The summed E-state index contributed by atoms with van der Waals surface area (Å²) in [6.07, 6.45) is 6.31. The first-order valence-electron chi connectivity index (χ1n) is 7.23. The summed E-state index contributed by atoms with van der Waals surface area (Å²) in [5.41, 5.74) is 12.5. The van der Waals surface area contributed by atoms with Crippen molar-refractivity contribution in [3.63, 3.8) is 0 Å². The Bertz CT molecular complexity index is 164. The molecule has 0 aliphatic rings. The maximum Gasteiger partial charge on any atom is 0.0161 e. The third-order valence-corrected chi connectivity index (χ3v) is 4.42. The minimum Gasteiger partial charge on any atom is -0.325 e. The van der Waals surface area contributed by atoms with E-state index >= 15 is 0 Å². The first kappa shape index (κ1) is 16.9. The first-order chi connectivity index (χ1) is 7.95. The summed E-state index contributed by atoms with van der Waals surface area (Å²) in [6, 6.07) is 0. The van der Waals surface area contributed by atoms with Gasteiger partial charge in [-0.05, 0) is 51.6 Å². The van der Waals surface area contributed by atoms with Gasteiger partial charge in [0.05, 0.1) is 0 Å². The van der Waals surface area contributed by atoms with Gasteiger partial charge in [-0.3, -0.25) is 0 Å². The van der Waals surface area contributed by atoms with E-state index in [1.54, 1.807) is 0 Å². The van der Waals surface area contributed by atoms with Crippen molar-refractivity contribution in [2.75, 3.05) is 13.1 Å². The second kappa shape index (κ2) is 8.06. The molecule has 3 nitrogen and oxygen atoms in total. The van der Waals surface area contributed by atoms with E-state index in [1.807, 2.05) is 0 Å². The van der Waals surface area contributed by atoms with Crippen LogP contribution in [0.15, 0.2) is 0 Å². The zero-order valence-electron chi connectivity index (χ0n) is 12.3. The molecule has 0 amide bonds. The first-order valence-corrected chi connectivity index (χ1v) is 7.23. The molecule has 0 heterocycles. The van der Waals surface area contributed by atoms with E-state index in [0.29, 0.717) is 0 Å². The summed E-state index contributed by atoms with van der Waals surface area (Å²) in [7, 11) is 0. The molecule has 0 bridgehead atoms. The average molecular weight is 243 g/mol. The molecule has 0 saturated carbocycles. The van der Waals surface area contributed by atoms with Crippen molar-refractivity contribution in [3.8, 4) is 0 Å². The minimum atomic E-state index is 0.0162. The summed E-state index contributed by atoms with van der Waals surface area (Å²) < 4.78 is 0. The van der Waals surface area contributed by atoms with Crippen molar-refractivity contribution >= 4 is 0 Å². The van der Waals surface area contributed by atoms with Gasteiger partial charge in [-0.25, -0.2) is 0 Å². The van der Waals surface area contributed by atoms with Gasteiger partial charge >= 0.3 is 0 Å². The van der Waals surface area contributed by atoms with Crippen LogP contribution >= 0.6 is 0 Å². The predicted molar refractivity (Wildman–Crippen MR) is 77.1 cm³/mol. The SMILES string of the molecule is CCC(N)(CC)CCNCCC(N)(CC)CC. The van der Waals surface area contributed by atoms with Crippen LogP contribution in [-0.2, 0) is 0 Å². The van der Waals surface area contributed by atoms with Gasteiger partial charge in [0.25, 0.3) is 0 Å². The molecule has 0 unspecified atom stereocenters. The second-order valence-electron chi connectivity index (χ2n) is 5.39. The van der Waals surface area contributed by atoms with Gasteiger partial charge in [-0.1, -0.05) is 27.7 Å². The fraction of sp³-hybridized carbons (Fsp3) is 1.00. The highest BCUT2D eigenvalue weighted by molar-refractivity contribution is 4.83. The van der Waals surface area contributed by atoms with Crippen molar-refractivity contribution < 1.29 is 0 Å². The largest absolute Gasteiger partial charge is 0.325 e. The summed E-state index contributed by atoms with van der Waals surface area (Å²) in [5, 5.41) is 3.47. The topological polar surface area (TPSA) is 64.1 Å². The van der Waals surface area contributed by atoms with Crippen LogP contribution in [0.2, 0.25) is 0 Å². The Morgan fingerprint density at radius 2 is 1.00 bits per heavy atom. The molecule has 0 aliphatic carbocycles. The van der Waals surface area contributed by atoms with Gasteiger partial charge < -0.3 is 16.8 Å². The Morgan fingerprint density at radius 1 is 0.706 bits per heavy atom. The van der Waals surface area contributed by atoms with Crippen molar-refractivity contribution in [1.82, 2.24) is 5.32 Å². The highest BCUT2D eigenvalue weighted by atomic mass is 14.9. The monoisotopic (exact) mass is 243 g/mol. The predicted octanol–water partition coefficient (Wildman–Crippen LogP) is 2.39. The van der Waals surface area contributed by atoms with Gasteiger partial charge in [0.15, 0.2) is 0 Å². The number of rotatable bonds is 10. The highest BCUT2D eigenvalue weighted by Crippen LogP contribution is 2.16. The molecular weight excluding hydrogens is 210 g/mol. The van der Waals surface area contributed by atoms with Gasteiger partial charge in [0.2, 0.25) is 0 Å². The highest BCUT2D eigenvalue weighted by Gasteiger charge is 2.21. The Labute approximate surface area is 108 Å². The van der Waals surface area contributed by atoms with E-state index in [-0.39, 0.29) is 11.1 Å². The summed E-state index contributed by atoms with van der Waals surface area (Å²) >= 11 is 0. The van der Waals surface area contributed by atoms with E-state index in [4.69, 9.17) is 11.5 Å². The van der Waals surface area contributed by atoms with Crippen LogP contribution < -0.4 is 16.8 Å². The van der Waals surface area contributed by atoms with E-state index in [9.17, 15) is 0 Å². The van der Waals surface area contributed by atoms with Gasteiger partial charge in [0, 0.05) is 11.1 Å². The lowest BCUT2D eigenvalue weighted by molar-refractivity contribution is 0.336. The quantitative estimate of drug-likeness (QED) is 0.516. The maximum absolute atomic E-state index is 6.25. The third kappa shape index (κ3) is 6.39. The maximum atomic E-state index is 6.25. The third-order valence-electron chi connectivity index (χ3n) is 4.42. The molecule has 0 fully saturated rings. The van der Waals surface area contributed by atoms with Crippen LogP contribution in [0.1, 0.15) is 66.2 Å². The molecule has 5 N–H and O–H groups in total. The molecular formula is C14H33N3. The smallest absolute Gasteiger partial charge is 0.0161 e. The minimum absolute atomic E-state index is 0.0162. The molecule has 0 saturated heterocycles. The lowest BCUT2D eigenvalue weighted by Crippen LogP contribution is -2.43. The molecule has 0 rings (SSSR count). The Balaban J connectivity index is 3.72. The van der Waals surface area contributed by atoms with Crippen LogP contribution in [-0.4, -0.2) is 24.2 Å². The van der Waals surface area contributed by atoms with Crippen LogP contribution in [0.25, 0.3) is 0 Å². The molecule has 0 radical (unpaired) electrons. The normalized spacial score (nSPS) is 13.1. The number of nitrogens with two attached hydrogens (primary N) is 2. The standard InChI is InChI=1S/C14H33N3/c1-5-13(15,6-2)9-11-17-12-10-14(16,7-3)8-4/h17H,5-12,15-16H2,1-4H3.